The van der Waals surface area contributed by atoms with Crippen molar-refractivity contribution in [3.05, 3.63) is 170 Å². The molecule has 0 spiro atoms. The van der Waals surface area contributed by atoms with Crippen molar-refractivity contribution in [2.45, 2.75) is 343 Å². The fourth-order valence-electron chi connectivity index (χ4n) is 12.3. The average Bonchev–Trinajstić information content (AvgIpc) is 0.780. The van der Waals surface area contributed by atoms with Gasteiger partial charge in [-0.1, -0.05) is 274 Å². The molecule has 0 aromatic rings. The molecule has 17 atom stereocenters. The Morgan fingerprint density at radius 1 is 0.349 bits per heavy atom. The van der Waals surface area contributed by atoms with Gasteiger partial charge in [-0.05, 0) is 128 Å². The lowest BCUT2D eigenvalue weighted by Crippen LogP contribution is -2.66. The van der Waals surface area contributed by atoms with Crippen molar-refractivity contribution in [3.63, 3.8) is 0 Å². The van der Waals surface area contributed by atoms with Crippen LogP contribution in [0.25, 0.3) is 0 Å². The minimum Gasteiger partial charge on any atom is -0.394 e. The molecule has 3 aliphatic rings. The topological polar surface area (TPSA) is 307 Å². The van der Waals surface area contributed by atoms with Gasteiger partial charge in [-0.15, -0.1) is 0 Å². The van der Waals surface area contributed by atoms with Gasteiger partial charge < -0.3 is 89.9 Å². The number of carbonyl (C=O) groups excluding carboxylic acids is 1. The lowest BCUT2D eigenvalue weighted by atomic mass is 9.96. The molecule has 19 heteroatoms. The fourth-order valence-corrected chi connectivity index (χ4v) is 12.3. The van der Waals surface area contributed by atoms with Gasteiger partial charge in [0.05, 0.1) is 38.6 Å². The van der Waals surface area contributed by atoms with E-state index in [1.54, 1.807) is 6.08 Å². The number of hydrogen-bond donors (Lipinski definition) is 12. The summed E-state index contributed by atoms with van der Waals surface area (Å²) in [6.07, 6.45) is 70.4. The quantitative estimate of drug-likeness (QED) is 0.0199. The van der Waals surface area contributed by atoms with E-state index in [0.29, 0.717) is 12.8 Å². The first-order chi connectivity index (χ1) is 51.8. The fraction of sp³-hybridized carbons (Fsp3) is 0.667. The molecule has 0 aromatic heterocycles. The van der Waals surface area contributed by atoms with Gasteiger partial charge in [0.2, 0.25) is 5.91 Å². The monoisotopic (exact) mass is 1490 g/mol. The van der Waals surface area contributed by atoms with E-state index in [9.17, 15) is 61.0 Å². The summed E-state index contributed by atoms with van der Waals surface area (Å²) in [6.45, 7) is 1.57. The molecule has 19 nitrogen and oxygen atoms in total. The third-order valence-electron chi connectivity index (χ3n) is 18.7. The number of amides is 1. The van der Waals surface area contributed by atoms with Gasteiger partial charge in [-0.2, -0.15) is 0 Å². The highest BCUT2D eigenvalue weighted by Crippen LogP contribution is 2.33. The zero-order valence-electron chi connectivity index (χ0n) is 64.3. The number of nitrogens with one attached hydrogen (secondary N) is 1. The van der Waals surface area contributed by atoms with E-state index in [1.807, 2.05) is 6.08 Å². The summed E-state index contributed by atoms with van der Waals surface area (Å²) in [6, 6.07) is -1.02. The van der Waals surface area contributed by atoms with E-state index in [1.165, 1.54) is 77.0 Å². The van der Waals surface area contributed by atoms with Crippen LogP contribution in [0.2, 0.25) is 0 Å². The lowest BCUT2D eigenvalue weighted by Gasteiger charge is -2.48. The molecule has 12 N–H and O–H groups in total. The number of rotatable bonds is 61. The maximum Gasteiger partial charge on any atom is 0.220 e. The molecule has 3 fully saturated rings. The third kappa shape index (κ3) is 44.1. The van der Waals surface area contributed by atoms with Crippen molar-refractivity contribution in [2.75, 3.05) is 26.4 Å². The summed E-state index contributed by atoms with van der Waals surface area (Å²) in [5, 5.41) is 121. The number of carbonyl (C=O) groups is 1. The van der Waals surface area contributed by atoms with Crippen molar-refractivity contribution >= 4 is 5.91 Å². The van der Waals surface area contributed by atoms with Crippen LogP contribution in [0.1, 0.15) is 239 Å². The molecule has 106 heavy (non-hydrogen) atoms. The summed E-state index contributed by atoms with van der Waals surface area (Å²) in [4.78, 5) is 13.5. The van der Waals surface area contributed by atoms with Crippen LogP contribution in [0.5, 0.6) is 0 Å². The van der Waals surface area contributed by atoms with Crippen LogP contribution in [-0.4, -0.2) is 193 Å². The first-order valence-corrected chi connectivity index (χ1v) is 40.4. The number of aliphatic hydroxyl groups excluding tert-OH is 11. The molecule has 602 valence electrons. The standard InChI is InChI=1S/C87H141NO18/c1-3-5-7-9-11-13-15-17-19-21-23-25-27-28-29-30-31-32-33-34-35-36-37-38-39-40-41-42-43-45-47-49-51-53-55-57-59-61-63-65-75(93)88-70(71(92)64-62-60-58-56-54-52-50-48-46-44-26-24-22-20-18-16-14-12-10-8-6-4-2)69-101-85-81(99)78(96)83(73(67-90)103-85)106-87-82(100)79(97)84(74(68-91)104-87)105-86-80(98)77(95)76(94)72(66-89)102-86/h5,7,11,13,17,19,23,25,28-29,31-32,34-35,37-38,40-41,43,45-46,48-49,51,54,56,62,64,70-74,76-87,89-92,94-100H,3-4,6,8-10,12,14-16,18,20-22,24,26-27,30,33,36,39,42,44,47,50,52-53,55,57-61,63,65-69H2,1-2H3,(H,88,93)/b7-5-,13-11-,19-17-,25-23-,29-28-,32-31-,35-34-,38-37-,41-40-,45-43-,48-46+,51-49-,56-54+,64-62+. The van der Waals surface area contributed by atoms with Crippen LogP contribution in [0.4, 0.5) is 0 Å². The highest BCUT2D eigenvalue weighted by molar-refractivity contribution is 5.76. The normalized spacial score (nSPS) is 26.6. The Balaban J connectivity index is 1.39. The van der Waals surface area contributed by atoms with E-state index in [0.717, 1.165) is 128 Å². The van der Waals surface area contributed by atoms with Crippen LogP contribution in [-0.2, 0) is 33.2 Å². The van der Waals surface area contributed by atoms with E-state index >= 15 is 0 Å². The van der Waals surface area contributed by atoms with E-state index < -0.39 is 131 Å². The Morgan fingerprint density at radius 3 is 1.06 bits per heavy atom. The molecule has 3 heterocycles. The van der Waals surface area contributed by atoms with Crippen molar-refractivity contribution < 1.29 is 89.4 Å². The Morgan fingerprint density at radius 2 is 0.660 bits per heavy atom. The Kier molecular flexibility index (Phi) is 58.4. The lowest BCUT2D eigenvalue weighted by molar-refractivity contribution is -0.379. The van der Waals surface area contributed by atoms with Gasteiger partial charge in [0, 0.05) is 6.42 Å². The number of hydrogen-bond acceptors (Lipinski definition) is 18. The molecule has 0 saturated carbocycles. The van der Waals surface area contributed by atoms with Crippen molar-refractivity contribution in [1.29, 1.82) is 0 Å². The second-order valence-corrected chi connectivity index (χ2v) is 27.8. The Bertz CT molecular complexity index is 2580. The first-order valence-electron chi connectivity index (χ1n) is 40.4. The van der Waals surface area contributed by atoms with Crippen LogP contribution in [0.15, 0.2) is 170 Å². The van der Waals surface area contributed by atoms with Crippen molar-refractivity contribution in [1.82, 2.24) is 5.32 Å². The first kappa shape index (κ1) is 95.4. The summed E-state index contributed by atoms with van der Waals surface area (Å²) < 4.78 is 34.4. The predicted octanol–water partition coefficient (Wildman–Crippen LogP) is 13.8. The predicted molar refractivity (Wildman–Crippen MR) is 424 cm³/mol. The summed E-state index contributed by atoms with van der Waals surface area (Å²) in [5.41, 5.74) is 0. The van der Waals surface area contributed by atoms with Crippen molar-refractivity contribution in [2.24, 2.45) is 0 Å². The van der Waals surface area contributed by atoms with Crippen LogP contribution >= 0.6 is 0 Å². The molecule has 0 aliphatic carbocycles. The molecule has 0 radical (unpaired) electrons. The van der Waals surface area contributed by atoms with E-state index in [-0.39, 0.29) is 12.3 Å². The van der Waals surface area contributed by atoms with Crippen LogP contribution in [0, 0.1) is 0 Å². The highest BCUT2D eigenvalue weighted by atomic mass is 16.8. The largest absolute Gasteiger partial charge is 0.394 e. The van der Waals surface area contributed by atoms with Gasteiger partial charge in [-0.25, -0.2) is 0 Å². The second-order valence-electron chi connectivity index (χ2n) is 27.8. The van der Waals surface area contributed by atoms with Gasteiger partial charge in [0.1, 0.15) is 73.2 Å². The minimum atomic E-state index is -1.99. The number of aliphatic hydroxyl groups is 11. The zero-order chi connectivity index (χ0) is 76.7. The molecule has 3 aliphatic heterocycles. The Labute approximate surface area is 637 Å². The van der Waals surface area contributed by atoms with Crippen LogP contribution < -0.4 is 5.32 Å². The van der Waals surface area contributed by atoms with E-state index in [2.05, 4.69) is 177 Å². The summed E-state index contributed by atoms with van der Waals surface area (Å²) in [7, 11) is 0. The van der Waals surface area contributed by atoms with Crippen LogP contribution in [0.3, 0.4) is 0 Å². The third-order valence-corrected chi connectivity index (χ3v) is 18.7. The molecule has 3 rings (SSSR count). The highest BCUT2D eigenvalue weighted by Gasteiger charge is 2.54. The minimum absolute atomic E-state index is 0.198. The number of allylic oxidation sites excluding steroid dienone is 27. The molecule has 3 saturated heterocycles. The molecule has 0 aromatic carbocycles. The maximum atomic E-state index is 13.5. The number of ether oxygens (including phenoxy) is 6. The molecular weight excluding hydrogens is 1350 g/mol. The SMILES string of the molecule is CC/C=C\C/C=C\C/C=C\C/C=C\C/C=C\C/C=C\C/C=C\C/C=C\C/C=C\C/C=C\C/C=C\CCCCCCCC(=O)NC(COC1OC(CO)C(OC2OC(CO)C(OC3OC(CO)C(O)C(O)C3O)C(O)C2O)C(O)C1O)C(O)/C=C/CC/C=C/CC/C=C/CCCCCCCCCCCCCC. The van der Waals surface area contributed by atoms with Crippen molar-refractivity contribution in [3.8, 4) is 0 Å². The maximum absolute atomic E-state index is 13.5. The van der Waals surface area contributed by atoms with Gasteiger partial charge in [0.25, 0.3) is 0 Å². The molecular formula is C87H141NO18. The summed E-state index contributed by atoms with van der Waals surface area (Å²) in [5.74, 6) is -0.315. The number of unbranched alkanes of at least 4 members (excludes halogenated alkanes) is 19. The molecule has 17 unspecified atom stereocenters. The van der Waals surface area contributed by atoms with Gasteiger partial charge in [0.15, 0.2) is 18.9 Å². The smallest absolute Gasteiger partial charge is 0.220 e. The Hall–Kier alpha value is -4.85. The molecule has 1 amide bonds. The second kappa shape index (κ2) is 64.9. The molecule has 0 bridgehead atoms. The zero-order valence-corrected chi connectivity index (χ0v) is 64.3. The van der Waals surface area contributed by atoms with E-state index in [4.69, 9.17) is 28.4 Å². The average molecular weight is 1490 g/mol. The van der Waals surface area contributed by atoms with Gasteiger partial charge in [-0.3, -0.25) is 4.79 Å². The summed E-state index contributed by atoms with van der Waals surface area (Å²) >= 11 is 0. The van der Waals surface area contributed by atoms with Gasteiger partial charge >= 0.3 is 0 Å².